The smallest absolute Gasteiger partial charge is 0.0110 e. The molecule has 1 aliphatic heterocycles. The minimum absolute atomic E-state index is 0. The molecule has 0 amide bonds. The Kier molecular flexibility index (Phi) is 9.15. The van der Waals surface area contributed by atoms with Crippen molar-refractivity contribution in [3.05, 3.63) is 0 Å². The lowest BCUT2D eigenvalue weighted by Crippen LogP contribution is -2.44. The first kappa shape index (κ1) is 14.0. The predicted molar refractivity (Wildman–Crippen MR) is 54.1 cm³/mol. The summed E-state index contributed by atoms with van der Waals surface area (Å²) in [6, 6.07) is 0. The third-order valence-electron chi connectivity index (χ3n) is 2.04. The van der Waals surface area contributed by atoms with E-state index in [1.54, 1.807) is 0 Å². The van der Waals surface area contributed by atoms with E-state index >= 15 is 0 Å². The third kappa shape index (κ3) is 4.86. The Morgan fingerprint density at radius 2 is 1.45 bits per heavy atom. The molecule has 0 unspecified atom stereocenters. The van der Waals surface area contributed by atoms with Crippen molar-refractivity contribution < 1.29 is 0 Å². The van der Waals surface area contributed by atoms with E-state index in [1.165, 1.54) is 32.7 Å². The summed E-state index contributed by atoms with van der Waals surface area (Å²) in [7, 11) is 2.19. The van der Waals surface area contributed by atoms with Crippen LogP contribution >= 0.6 is 24.8 Å². The summed E-state index contributed by atoms with van der Waals surface area (Å²) in [5.41, 5.74) is 0. The Morgan fingerprint density at radius 1 is 1.00 bits per heavy atom. The number of rotatable bonds is 1. The van der Waals surface area contributed by atoms with Gasteiger partial charge in [0.15, 0.2) is 0 Å². The molecule has 0 radical (unpaired) electrons. The lowest BCUT2D eigenvalue weighted by Gasteiger charge is -2.31. The van der Waals surface area contributed by atoms with E-state index in [1.807, 2.05) is 0 Å². The maximum Gasteiger partial charge on any atom is 0.0110 e. The average molecular weight is 201 g/mol. The second-order valence-electron chi connectivity index (χ2n) is 2.74. The Balaban J connectivity index is 0. The molecule has 1 fully saturated rings. The lowest BCUT2D eigenvalue weighted by molar-refractivity contribution is 0.160. The zero-order valence-corrected chi connectivity index (χ0v) is 8.88. The van der Waals surface area contributed by atoms with Gasteiger partial charge in [0.2, 0.25) is 0 Å². The summed E-state index contributed by atoms with van der Waals surface area (Å²) in [5.74, 6) is 0. The predicted octanol–water partition coefficient (Wildman–Crippen LogP) is 1.10. The van der Waals surface area contributed by atoms with Gasteiger partial charge in [-0.1, -0.05) is 6.92 Å². The second kappa shape index (κ2) is 7.17. The molecule has 0 aromatic heterocycles. The monoisotopic (exact) mass is 200 g/mol. The van der Waals surface area contributed by atoms with Crippen LogP contribution in [0.3, 0.4) is 0 Å². The van der Waals surface area contributed by atoms with Crippen LogP contribution in [0.15, 0.2) is 0 Å². The lowest BCUT2D eigenvalue weighted by atomic mass is 10.3. The third-order valence-corrected chi connectivity index (χ3v) is 2.04. The highest BCUT2D eigenvalue weighted by Gasteiger charge is 2.10. The van der Waals surface area contributed by atoms with E-state index in [0.29, 0.717) is 0 Å². The molecule has 1 rings (SSSR count). The van der Waals surface area contributed by atoms with Gasteiger partial charge in [-0.3, -0.25) is 0 Å². The van der Waals surface area contributed by atoms with Crippen LogP contribution in [-0.4, -0.2) is 49.6 Å². The summed E-state index contributed by atoms with van der Waals surface area (Å²) >= 11 is 0. The first-order chi connectivity index (χ1) is 4.33. The van der Waals surface area contributed by atoms with Gasteiger partial charge in [0.1, 0.15) is 0 Å². The quantitative estimate of drug-likeness (QED) is 0.626. The molecule has 0 aromatic rings. The van der Waals surface area contributed by atoms with Crippen LogP contribution in [0.5, 0.6) is 0 Å². The van der Waals surface area contributed by atoms with Crippen molar-refractivity contribution in [1.82, 2.24) is 9.80 Å². The van der Waals surface area contributed by atoms with Crippen molar-refractivity contribution in [2.24, 2.45) is 0 Å². The molecule has 1 heterocycles. The topological polar surface area (TPSA) is 6.48 Å². The molecule has 70 valence electrons. The highest BCUT2D eigenvalue weighted by Crippen LogP contribution is 1.96. The van der Waals surface area contributed by atoms with E-state index in [-0.39, 0.29) is 24.8 Å². The molecule has 0 saturated carbocycles. The van der Waals surface area contributed by atoms with Gasteiger partial charge < -0.3 is 9.80 Å². The van der Waals surface area contributed by atoms with Crippen LogP contribution in [0.25, 0.3) is 0 Å². The van der Waals surface area contributed by atoms with Gasteiger partial charge >= 0.3 is 0 Å². The van der Waals surface area contributed by atoms with Crippen LogP contribution in [-0.2, 0) is 0 Å². The van der Waals surface area contributed by atoms with Gasteiger partial charge in [-0.15, -0.1) is 24.8 Å². The van der Waals surface area contributed by atoms with Crippen LogP contribution < -0.4 is 0 Å². The van der Waals surface area contributed by atoms with Gasteiger partial charge in [0.05, 0.1) is 0 Å². The average Bonchev–Trinajstić information content (AvgIpc) is 1.90. The Hall–Kier alpha value is 0.500. The number of halogens is 2. The molecular formula is C7H18Cl2N2. The van der Waals surface area contributed by atoms with E-state index in [4.69, 9.17) is 0 Å². The zero-order valence-electron chi connectivity index (χ0n) is 7.25. The van der Waals surface area contributed by atoms with Gasteiger partial charge in [-0.25, -0.2) is 0 Å². The zero-order chi connectivity index (χ0) is 6.69. The molecule has 0 aliphatic carbocycles. The fraction of sp³-hybridized carbons (Fsp3) is 1.00. The normalized spacial score (nSPS) is 20.2. The van der Waals surface area contributed by atoms with Crippen LogP contribution in [0.2, 0.25) is 0 Å². The SMILES string of the molecule is CCN1CCN(C)CC1.Cl.Cl. The molecule has 0 atom stereocenters. The summed E-state index contributed by atoms with van der Waals surface area (Å²) in [5, 5.41) is 0. The summed E-state index contributed by atoms with van der Waals surface area (Å²) in [6.07, 6.45) is 0. The fourth-order valence-electron chi connectivity index (χ4n) is 1.16. The highest BCUT2D eigenvalue weighted by atomic mass is 35.5. The van der Waals surface area contributed by atoms with E-state index < -0.39 is 0 Å². The van der Waals surface area contributed by atoms with Crippen LogP contribution in [0.4, 0.5) is 0 Å². The van der Waals surface area contributed by atoms with Crippen molar-refractivity contribution in [3.8, 4) is 0 Å². The molecule has 0 bridgehead atoms. The van der Waals surface area contributed by atoms with E-state index in [0.717, 1.165) is 0 Å². The number of piperazine rings is 1. The van der Waals surface area contributed by atoms with Crippen molar-refractivity contribution in [2.75, 3.05) is 39.8 Å². The summed E-state index contributed by atoms with van der Waals surface area (Å²) < 4.78 is 0. The Labute approximate surface area is 81.7 Å². The molecule has 0 aromatic carbocycles. The Morgan fingerprint density at radius 3 is 1.82 bits per heavy atom. The van der Waals surface area contributed by atoms with Gasteiger partial charge in [0, 0.05) is 26.2 Å². The van der Waals surface area contributed by atoms with Crippen LogP contribution in [0, 0.1) is 0 Å². The minimum atomic E-state index is 0. The molecule has 0 N–H and O–H groups in total. The minimum Gasteiger partial charge on any atom is -0.304 e. The standard InChI is InChI=1S/C7H16N2.2ClH/c1-3-9-6-4-8(2)5-7-9;;/h3-7H2,1-2H3;2*1H. The van der Waals surface area contributed by atoms with Crippen molar-refractivity contribution in [3.63, 3.8) is 0 Å². The molecule has 0 spiro atoms. The summed E-state index contributed by atoms with van der Waals surface area (Å²) in [6.45, 7) is 8.45. The van der Waals surface area contributed by atoms with Gasteiger partial charge in [0.25, 0.3) is 0 Å². The molecule has 2 nitrogen and oxygen atoms in total. The number of hydrogen-bond donors (Lipinski definition) is 0. The molecular weight excluding hydrogens is 183 g/mol. The molecule has 1 aliphatic rings. The fourth-order valence-corrected chi connectivity index (χ4v) is 1.16. The van der Waals surface area contributed by atoms with E-state index in [9.17, 15) is 0 Å². The Bertz CT molecular complexity index is 82.5. The maximum absolute atomic E-state index is 2.49. The highest BCUT2D eigenvalue weighted by molar-refractivity contribution is 5.85. The summed E-state index contributed by atoms with van der Waals surface area (Å²) in [4.78, 5) is 4.87. The van der Waals surface area contributed by atoms with Crippen molar-refractivity contribution in [1.29, 1.82) is 0 Å². The molecule has 1 saturated heterocycles. The first-order valence-corrected chi connectivity index (χ1v) is 3.74. The van der Waals surface area contributed by atoms with Gasteiger partial charge in [-0.05, 0) is 13.6 Å². The molecule has 4 heteroatoms. The van der Waals surface area contributed by atoms with Gasteiger partial charge in [-0.2, -0.15) is 0 Å². The van der Waals surface area contributed by atoms with Crippen molar-refractivity contribution >= 4 is 24.8 Å². The first-order valence-electron chi connectivity index (χ1n) is 3.74. The van der Waals surface area contributed by atoms with Crippen LogP contribution in [0.1, 0.15) is 6.92 Å². The van der Waals surface area contributed by atoms with E-state index in [2.05, 4.69) is 23.8 Å². The number of nitrogens with zero attached hydrogens (tertiary/aromatic N) is 2. The largest absolute Gasteiger partial charge is 0.304 e. The number of likely N-dealkylation sites (N-methyl/N-ethyl adjacent to an activating group) is 2. The maximum atomic E-state index is 2.49. The molecule has 11 heavy (non-hydrogen) atoms. The van der Waals surface area contributed by atoms with Crippen molar-refractivity contribution in [2.45, 2.75) is 6.92 Å². The second-order valence-corrected chi connectivity index (χ2v) is 2.74. The number of hydrogen-bond acceptors (Lipinski definition) is 2.